The molecule has 0 radical (unpaired) electrons. The second kappa shape index (κ2) is 11.8. The number of hydrogen-bond donors (Lipinski definition) is 3. The second-order valence-electron chi connectivity index (χ2n) is 4.73. The van der Waals surface area contributed by atoms with E-state index in [2.05, 4.69) is 9.47 Å². The van der Waals surface area contributed by atoms with E-state index in [4.69, 9.17) is 20.1 Å². The highest BCUT2D eigenvalue weighted by Gasteiger charge is 2.26. The van der Waals surface area contributed by atoms with E-state index in [1.54, 1.807) is 0 Å². The van der Waals surface area contributed by atoms with E-state index < -0.39 is 75.4 Å². The molecule has 1 unspecified atom stereocenters. The summed E-state index contributed by atoms with van der Waals surface area (Å²) in [6.45, 7) is -2.06. The summed E-state index contributed by atoms with van der Waals surface area (Å²) in [6.07, 6.45) is -0.593. The standard InChI is InChI=1S/C13H19NO11/c1-8(15)24-7-25-13(22)4-14(3-11(18)19)9(2-10(16)17)5-23-6-12(20)21/h9H,2-7H2,1H3,(H,16,17)(H,18,19)(H,20,21). The Kier molecular flexibility index (Phi) is 10.5. The number of carbonyl (C=O) groups is 5. The first-order chi connectivity index (χ1) is 11.6. The van der Waals surface area contributed by atoms with Crippen molar-refractivity contribution >= 4 is 29.8 Å². The fourth-order valence-electron chi connectivity index (χ4n) is 1.65. The predicted octanol–water partition coefficient (Wildman–Crippen LogP) is -1.62. The molecule has 0 spiro atoms. The third kappa shape index (κ3) is 12.4. The van der Waals surface area contributed by atoms with E-state index >= 15 is 0 Å². The van der Waals surface area contributed by atoms with Crippen molar-refractivity contribution in [1.82, 2.24) is 4.90 Å². The molecule has 0 aliphatic carbocycles. The number of rotatable bonds is 13. The van der Waals surface area contributed by atoms with Gasteiger partial charge in [0, 0.05) is 13.0 Å². The van der Waals surface area contributed by atoms with E-state index in [0.717, 1.165) is 11.8 Å². The van der Waals surface area contributed by atoms with Gasteiger partial charge in [-0.25, -0.2) is 4.79 Å². The lowest BCUT2D eigenvalue weighted by Crippen LogP contribution is -2.46. The summed E-state index contributed by atoms with van der Waals surface area (Å²) in [5.74, 6) is -5.59. The van der Waals surface area contributed by atoms with Crippen molar-refractivity contribution in [1.29, 1.82) is 0 Å². The minimum Gasteiger partial charge on any atom is -0.481 e. The molecule has 12 nitrogen and oxygen atoms in total. The first kappa shape index (κ1) is 22.3. The molecule has 0 saturated carbocycles. The van der Waals surface area contributed by atoms with Crippen LogP contribution in [0.25, 0.3) is 0 Å². The van der Waals surface area contributed by atoms with Gasteiger partial charge in [-0.3, -0.25) is 24.1 Å². The molecule has 0 aromatic rings. The topological polar surface area (TPSA) is 177 Å². The molecule has 0 aromatic heterocycles. The highest BCUT2D eigenvalue weighted by atomic mass is 16.7. The third-order valence-corrected chi connectivity index (χ3v) is 2.62. The minimum absolute atomic E-state index is 0.427. The van der Waals surface area contributed by atoms with Gasteiger partial charge in [0.05, 0.1) is 26.1 Å². The molecule has 3 N–H and O–H groups in total. The largest absolute Gasteiger partial charge is 0.481 e. The lowest BCUT2D eigenvalue weighted by molar-refractivity contribution is -0.168. The van der Waals surface area contributed by atoms with Crippen LogP contribution in [-0.4, -0.2) is 89.2 Å². The van der Waals surface area contributed by atoms with Crippen LogP contribution in [0.4, 0.5) is 0 Å². The quantitative estimate of drug-likeness (QED) is 0.251. The summed E-state index contributed by atoms with van der Waals surface area (Å²) in [7, 11) is 0. The lowest BCUT2D eigenvalue weighted by atomic mass is 10.2. The fraction of sp³-hybridized carbons (Fsp3) is 0.615. The van der Waals surface area contributed by atoms with Crippen molar-refractivity contribution in [3.63, 3.8) is 0 Å². The maximum atomic E-state index is 11.7. The lowest BCUT2D eigenvalue weighted by Gasteiger charge is -2.28. The number of carboxylic acids is 3. The summed E-state index contributed by atoms with van der Waals surface area (Å²) in [5.41, 5.74) is 0. The molecule has 25 heavy (non-hydrogen) atoms. The van der Waals surface area contributed by atoms with Crippen LogP contribution in [0, 0.1) is 0 Å². The second-order valence-corrected chi connectivity index (χ2v) is 4.73. The predicted molar refractivity (Wildman–Crippen MR) is 76.4 cm³/mol. The summed E-state index contributed by atoms with van der Waals surface area (Å²) in [4.78, 5) is 55.4. The van der Waals surface area contributed by atoms with Crippen molar-refractivity contribution in [2.75, 3.05) is 33.1 Å². The Hall–Kier alpha value is -2.73. The van der Waals surface area contributed by atoms with Crippen LogP contribution in [0.15, 0.2) is 0 Å². The van der Waals surface area contributed by atoms with Gasteiger partial charge in [0.2, 0.25) is 6.79 Å². The van der Waals surface area contributed by atoms with E-state index in [0.29, 0.717) is 0 Å². The summed E-state index contributed by atoms with van der Waals surface area (Å²) >= 11 is 0. The molecule has 1 atom stereocenters. The molecular formula is C13H19NO11. The van der Waals surface area contributed by atoms with Crippen LogP contribution in [0.3, 0.4) is 0 Å². The Bertz CT molecular complexity index is 504. The van der Waals surface area contributed by atoms with Gasteiger partial charge >= 0.3 is 29.8 Å². The Balaban J connectivity index is 4.88. The molecular weight excluding hydrogens is 346 g/mol. The zero-order valence-corrected chi connectivity index (χ0v) is 13.4. The van der Waals surface area contributed by atoms with Crippen LogP contribution in [0.2, 0.25) is 0 Å². The summed E-state index contributed by atoms with van der Waals surface area (Å²) in [6, 6.07) is -1.09. The molecule has 0 aliphatic heterocycles. The van der Waals surface area contributed by atoms with Crippen molar-refractivity contribution < 1.29 is 53.5 Å². The van der Waals surface area contributed by atoms with Crippen molar-refractivity contribution in [2.45, 2.75) is 19.4 Å². The van der Waals surface area contributed by atoms with E-state index in [9.17, 15) is 24.0 Å². The molecule has 0 fully saturated rings. The van der Waals surface area contributed by atoms with Gasteiger partial charge in [-0.1, -0.05) is 0 Å². The number of aliphatic carboxylic acids is 3. The SMILES string of the molecule is CC(=O)OCOC(=O)CN(CC(=O)O)C(COCC(=O)O)CC(=O)O. The smallest absolute Gasteiger partial charge is 0.329 e. The Morgan fingerprint density at radius 3 is 2.04 bits per heavy atom. The maximum absolute atomic E-state index is 11.7. The van der Waals surface area contributed by atoms with Gasteiger partial charge in [0.25, 0.3) is 0 Å². The van der Waals surface area contributed by atoms with Gasteiger partial charge in [-0.05, 0) is 0 Å². The van der Waals surface area contributed by atoms with Crippen molar-refractivity contribution in [3.8, 4) is 0 Å². The first-order valence-corrected chi connectivity index (χ1v) is 6.88. The number of nitrogens with zero attached hydrogens (tertiary/aromatic N) is 1. The van der Waals surface area contributed by atoms with Crippen LogP contribution in [0.5, 0.6) is 0 Å². The summed E-state index contributed by atoms with van der Waals surface area (Å²) < 4.78 is 13.8. The van der Waals surface area contributed by atoms with E-state index in [1.165, 1.54) is 0 Å². The van der Waals surface area contributed by atoms with Gasteiger partial charge in [-0.2, -0.15) is 0 Å². The van der Waals surface area contributed by atoms with Gasteiger partial charge in [-0.15, -0.1) is 0 Å². The zero-order valence-electron chi connectivity index (χ0n) is 13.4. The number of esters is 2. The molecule has 0 rings (SSSR count). The third-order valence-electron chi connectivity index (χ3n) is 2.62. The van der Waals surface area contributed by atoms with Gasteiger partial charge < -0.3 is 29.5 Å². The van der Waals surface area contributed by atoms with Crippen LogP contribution in [-0.2, 0) is 38.2 Å². The summed E-state index contributed by atoms with van der Waals surface area (Å²) in [5, 5.41) is 26.3. The number of ether oxygens (including phenoxy) is 3. The highest BCUT2D eigenvalue weighted by Crippen LogP contribution is 2.07. The first-order valence-electron chi connectivity index (χ1n) is 6.88. The number of carboxylic acid groups (broad SMARTS) is 3. The Morgan fingerprint density at radius 2 is 1.56 bits per heavy atom. The Labute approximate surface area is 141 Å². The average molecular weight is 365 g/mol. The molecule has 0 saturated heterocycles. The number of carbonyl (C=O) groups excluding carboxylic acids is 2. The molecule has 0 heterocycles. The van der Waals surface area contributed by atoms with Crippen LogP contribution in [0.1, 0.15) is 13.3 Å². The Morgan fingerprint density at radius 1 is 0.920 bits per heavy atom. The van der Waals surface area contributed by atoms with E-state index in [1.807, 2.05) is 0 Å². The minimum atomic E-state index is -1.35. The molecule has 0 aromatic carbocycles. The van der Waals surface area contributed by atoms with Gasteiger partial charge in [0.15, 0.2) is 0 Å². The van der Waals surface area contributed by atoms with Crippen LogP contribution >= 0.6 is 0 Å². The van der Waals surface area contributed by atoms with Crippen molar-refractivity contribution in [3.05, 3.63) is 0 Å². The molecule has 12 heteroatoms. The van der Waals surface area contributed by atoms with Crippen molar-refractivity contribution in [2.24, 2.45) is 0 Å². The normalized spacial score (nSPS) is 11.6. The maximum Gasteiger partial charge on any atom is 0.329 e. The molecule has 0 aliphatic rings. The molecule has 142 valence electrons. The molecule has 0 amide bonds. The number of hydrogen-bond acceptors (Lipinski definition) is 9. The fourth-order valence-corrected chi connectivity index (χ4v) is 1.65. The van der Waals surface area contributed by atoms with E-state index in [-0.39, 0.29) is 0 Å². The van der Waals surface area contributed by atoms with Crippen LogP contribution < -0.4 is 0 Å². The highest BCUT2D eigenvalue weighted by molar-refractivity contribution is 5.75. The van der Waals surface area contributed by atoms with Gasteiger partial charge in [0.1, 0.15) is 6.61 Å². The monoisotopic (exact) mass is 365 g/mol. The zero-order chi connectivity index (χ0) is 19.4. The average Bonchev–Trinajstić information content (AvgIpc) is 2.43. The molecule has 0 bridgehead atoms.